The molecule has 2 N–H and O–H groups in total. The minimum Gasteiger partial charge on any atom is -0.350 e. The molecule has 0 saturated heterocycles. The van der Waals surface area contributed by atoms with E-state index < -0.39 is 0 Å². The van der Waals surface area contributed by atoms with Gasteiger partial charge in [-0.2, -0.15) is 0 Å². The lowest BCUT2D eigenvalue weighted by atomic mass is 9.91. The quantitative estimate of drug-likeness (QED) is 0.735. The van der Waals surface area contributed by atoms with E-state index in [1.54, 1.807) is 34.8 Å². The van der Waals surface area contributed by atoms with Crippen molar-refractivity contribution in [2.75, 3.05) is 0 Å². The molecule has 0 unspecified atom stereocenters. The third-order valence-electron chi connectivity index (χ3n) is 4.30. The largest absolute Gasteiger partial charge is 0.350 e. The van der Waals surface area contributed by atoms with Crippen LogP contribution in [0, 0.1) is 0 Å². The lowest BCUT2D eigenvalue weighted by molar-refractivity contribution is -0.118. The Kier molecular flexibility index (Phi) is 6.80. The molecule has 26 heavy (non-hydrogen) atoms. The van der Waals surface area contributed by atoms with E-state index in [0.717, 1.165) is 35.4 Å². The van der Waals surface area contributed by atoms with Crippen LogP contribution in [0.15, 0.2) is 47.2 Å². The fraction of sp³-hybridized carbons (Fsp3) is 0.300. The minimum atomic E-state index is -0.0511. The summed E-state index contributed by atoms with van der Waals surface area (Å²) in [5.74, 6) is -0.102. The third-order valence-corrected chi connectivity index (χ3v) is 5.98. The van der Waals surface area contributed by atoms with E-state index in [1.807, 2.05) is 47.2 Å². The van der Waals surface area contributed by atoms with Crippen LogP contribution < -0.4 is 10.6 Å². The molecule has 2 amide bonds. The topological polar surface area (TPSA) is 58.2 Å². The second-order valence-corrected chi connectivity index (χ2v) is 8.22. The molecule has 0 aliphatic heterocycles. The number of carbonyl (C=O) groups is 2. The van der Waals surface area contributed by atoms with Crippen molar-refractivity contribution in [2.45, 2.75) is 37.8 Å². The molecule has 1 saturated carbocycles. The standard InChI is InChI=1S/C20H22N2O2S2/c23-19(11-9-17-3-1-13-25-17)21-15-5-7-16(8-6-15)22-20(24)12-10-18-4-2-14-26-18/h1-4,9-16H,5-8H2,(H,21,23)(H,22,24)/b11-9+,12-10+. The molecule has 4 nitrogen and oxygen atoms in total. The second kappa shape index (κ2) is 9.50. The predicted molar refractivity (Wildman–Crippen MR) is 109 cm³/mol. The predicted octanol–water partition coefficient (Wildman–Crippen LogP) is 4.08. The first-order valence-electron chi connectivity index (χ1n) is 8.73. The van der Waals surface area contributed by atoms with Gasteiger partial charge in [0.25, 0.3) is 0 Å². The van der Waals surface area contributed by atoms with Crippen molar-refractivity contribution >= 4 is 46.6 Å². The van der Waals surface area contributed by atoms with Gasteiger partial charge in [0.05, 0.1) is 0 Å². The Hall–Kier alpha value is -2.18. The highest BCUT2D eigenvalue weighted by molar-refractivity contribution is 7.11. The van der Waals surface area contributed by atoms with Crippen molar-refractivity contribution < 1.29 is 9.59 Å². The second-order valence-electron chi connectivity index (χ2n) is 6.26. The van der Waals surface area contributed by atoms with Crippen molar-refractivity contribution in [2.24, 2.45) is 0 Å². The molecule has 0 aromatic carbocycles. The molecular weight excluding hydrogens is 364 g/mol. The lowest BCUT2D eigenvalue weighted by Gasteiger charge is -2.29. The highest BCUT2D eigenvalue weighted by Crippen LogP contribution is 2.19. The maximum Gasteiger partial charge on any atom is 0.244 e. The van der Waals surface area contributed by atoms with Crippen molar-refractivity contribution in [3.05, 3.63) is 56.9 Å². The van der Waals surface area contributed by atoms with Crippen LogP contribution in [-0.2, 0) is 9.59 Å². The smallest absolute Gasteiger partial charge is 0.244 e. The Balaban J connectivity index is 1.37. The van der Waals surface area contributed by atoms with Crippen LogP contribution >= 0.6 is 22.7 Å². The zero-order valence-corrected chi connectivity index (χ0v) is 16.0. The molecule has 1 aliphatic rings. The van der Waals surface area contributed by atoms with Gasteiger partial charge < -0.3 is 10.6 Å². The molecule has 0 bridgehead atoms. The average Bonchev–Trinajstić information content (AvgIpc) is 3.34. The summed E-state index contributed by atoms with van der Waals surface area (Å²) in [5, 5.41) is 10.1. The molecule has 136 valence electrons. The van der Waals surface area contributed by atoms with Crippen LogP contribution in [0.25, 0.3) is 12.2 Å². The maximum atomic E-state index is 12.0. The first-order valence-corrected chi connectivity index (χ1v) is 10.5. The summed E-state index contributed by atoms with van der Waals surface area (Å²) in [6.07, 6.45) is 10.4. The summed E-state index contributed by atoms with van der Waals surface area (Å²) < 4.78 is 0. The molecule has 2 heterocycles. The number of carbonyl (C=O) groups excluding carboxylic acids is 2. The monoisotopic (exact) mass is 386 g/mol. The van der Waals surface area contributed by atoms with E-state index in [0.29, 0.717) is 0 Å². The third kappa shape index (κ3) is 5.97. The first kappa shape index (κ1) is 18.6. The van der Waals surface area contributed by atoms with Crippen LogP contribution in [-0.4, -0.2) is 23.9 Å². The van der Waals surface area contributed by atoms with Gasteiger partial charge in [-0.1, -0.05) is 12.1 Å². The summed E-state index contributed by atoms with van der Waals surface area (Å²) in [7, 11) is 0. The molecule has 3 rings (SSSR count). The molecular formula is C20H22N2O2S2. The van der Waals surface area contributed by atoms with Gasteiger partial charge in [-0.25, -0.2) is 0 Å². The molecule has 0 atom stereocenters. The Morgan fingerprint density at radius 1 is 0.808 bits per heavy atom. The first-order chi connectivity index (χ1) is 12.7. The summed E-state index contributed by atoms with van der Waals surface area (Å²) in [6, 6.07) is 8.27. The fourth-order valence-corrected chi connectivity index (χ4v) is 4.20. The maximum absolute atomic E-state index is 12.0. The van der Waals surface area contributed by atoms with Crippen molar-refractivity contribution in [3.8, 4) is 0 Å². The summed E-state index contributed by atoms with van der Waals surface area (Å²) >= 11 is 3.22. The lowest BCUT2D eigenvalue weighted by Crippen LogP contribution is -2.43. The van der Waals surface area contributed by atoms with Gasteiger partial charge in [0.1, 0.15) is 0 Å². The van der Waals surface area contributed by atoms with Gasteiger partial charge in [0, 0.05) is 34.0 Å². The van der Waals surface area contributed by atoms with Crippen molar-refractivity contribution in [3.63, 3.8) is 0 Å². The van der Waals surface area contributed by atoms with E-state index in [-0.39, 0.29) is 23.9 Å². The zero-order valence-electron chi connectivity index (χ0n) is 14.4. The van der Waals surface area contributed by atoms with Gasteiger partial charge in [0.15, 0.2) is 0 Å². The molecule has 0 spiro atoms. The van der Waals surface area contributed by atoms with E-state index >= 15 is 0 Å². The van der Waals surface area contributed by atoms with Gasteiger partial charge >= 0.3 is 0 Å². The summed E-state index contributed by atoms with van der Waals surface area (Å²) in [5.41, 5.74) is 0. The van der Waals surface area contributed by atoms with Gasteiger partial charge in [-0.05, 0) is 60.7 Å². The molecule has 6 heteroatoms. The highest BCUT2D eigenvalue weighted by Gasteiger charge is 2.22. The molecule has 0 radical (unpaired) electrons. The fourth-order valence-electron chi connectivity index (χ4n) is 2.97. The molecule has 2 aromatic rings. The summed E-state index contributed by atoms with van der Waals surface area (Å²) in [6.45, 7) is 0. The van der Waals surface area contributed by atoms with E-state index in [2.05, 4.69) is 10.6 Å². The number of rotatable bonds is 6. The van der Waals surface area contributed by atoms with Crippen LogP contribution in [0.1, 0.15) is 35.4 Å². The zero-order chi connectivity index (χ0) is 18.2. The Morgan fingerprint density at radius 2 is 1.23 bits per heavy atom. The van der Waals surface area contributed by atoms with E-state index in [9.17, 15) is 9.59 Å². The Bertz CT molecular complexity index is 690. The van der Waals surface area contributed by atoms with Crippen molar-refractivity contribution in [1.82, 2.24) is 10.6 Å². The van der Waals surface area contributed by atoms with Gasteiger partial charge in [-0.3, -0.25) is 9.59 Å². The number of hydrogen-bond donors (Lipinski definition) is 2. The van der Waals surface area contributed by atoms with Gasteiger partial charge in [-0.15, -0.1) is 22.7 Å². The van der Waals surface area contributed by atoms with Crippen LogP contribution in [0.4, 0.5) is 0 Å². The Morgan fingerprint density at radius 3 is 1.58 bits per heavy atom. The molecule has 1 aliphatic carbocycles. The highest BCUT2D eigenvalue weighted by atomic mass is 32.1. The Labute approximate surface area is 161 Å². The molecule has 2 aromatic heterocycles. The minimum absolute atomic E-state index is 0.0511. The van der Waals surface area contributed by atoms with Crippen molar-refractivity contribution in [1.29, 1.82) is 0 Å². The molecule has 1 fully saturated rings. The summed E-state index contributed by atoms with van der Waals surface area (Å²) in [4.78, 5) is 26.1. The number of nitrogens with one attached hydrogen (secondary N) is 2. The van der Waals surface area contributed by atoms with E-state index in [4.69, 9.17) is 0 Å². The van der Waals surface area contributed by atoms with Crippen LogP contribution in [0.5, 0.6) is 0 Å². The number of hydrogen-bond acceptors (Lipinski definition) is 4. The van der Waals surface area contributed by atoms with Crippen LogP contribution in [0.3, 0.4) is 0 Å². The van der Waals surface area contributed by atoms with E-state index in [1.165, 1.54) is 0 Å². The van der Waals surface area contributed by atoms with Crippen LogP contribution in [0.2, 0.25) is 0 Å². The van der Waals surface area contributed by atoms with Gasteiger partial charge in [0.2, 0.25) is 11.8 Å². The normalized spacial score (nSPS) is 20.5. The number of thiophene rings is 2. The average molecular weight is 387 g/mol. The SMILES string of the molecule is O=C(/C=C/c1cccs1)NC1CCC(NC(=O)/C=C/c2cccs2)CC1. The number of amides is 2.